The molecular formula is C21H30N2O5. The zero-order valence-corrected chi connectivity index (χ0v) is 17.1. The van der Waals surface area contributed by atoms with Gasteiger partial charge in [0.25, 0.3) is 0 Å². The number of hydrogen-bond donors (Lipinski definition) is 1. The average molecular weight is 390 g/mol. The second-order valence-electron chi connectivity index (χ2n) is 9.23. The highest BCUT2D eigenvalue weighted by molar-refractivity contribution is 5.71. The first-order valence-corrected chi connectivity index (χ1v) is 9.62. The second-order valence-corrected chi connectivity index (χ2v) is 9.23. The third-order valence-electron chi connectivity index (χ3n) is 5.76. The fraction of sp³-hybridized carbons (Fsp3) is 0.619. The second kappa shape index (κ2) is 7.28. The lowest BCUT2D eigenvalue weighted by Gasteiger charge is -2.54. The van der Waals surface area contributed by atoms with Gasteiger partial charge in [-0.25, -0.2) is 9.59 Å². The zero-order chi connectivity index (χ0) is 20.6. The predicted molar refractivity (Wildman–Crippen MR) is 104 cm³/mol. The van der Waals surface area contributed by atoms with Crippen LogP contribution < -0.4 is 0 Å². The van der Waals surface area contributed by atoms with Crippen molar-refractivity contribution in [2.75, 3.05) is 32.8 Å². The summed E-state index contributed by atoms with van der Waals surface area (Å²) in [6, 6.07) is 9.52. The van der Waals surface area contributed by atoms with Gasteiger partial charge < -0.3 is 24.4 Å². The van der Waals surface area contributed by atoms with Crippen LogP contribution in [0.2, 0.25) is 0 Å². The largest absolute Gasteiger partial charge is 0.445 e. The van der Waals surface area contributed by atoms with Crippen LogP contribution >= 0.6 is 0 Å². The Morgan fingerprint density at radius 2 is 1.61 bits per heavy atom. The lowest BCUT2D eigenvalue weighted by molar-refractivity contribution is -0.0858. The highest BCUT2D eigenvalue weighted by atomic mass is 16.6. The molecule has 0 radical (unpaired) electrons. The average Bonchev–Trinajstić information content (AvgIpc) is 2.92. The number of carbonyl (C=O) groups excluding carboxylic acids is 2. The fourth-order valence-corrected chi connectivity index (χ4v) is 3.98. The van der Waals surface area contributed by atoms with Gasteiger partial charge in [0.1, 0.15) is 12.2 Å². The first-order chi connectivity index (χ1) is 13.1. The summed E-state index contributed by atoms with van der Waals surface area (Å²) in [4.78, 5) is 28.1. The van der Waals surface area contributed by atoms with Gasteiger partial charge in [0, 0.05) is 37.0 Å². The minimum atomic E-state index is -0.553. The van der Waals surface area contributed by atoms with E-state index in [0.29, 0.717) is 26.2 Å². The van der Waals surface area contributed by atoms with Crippen LogP contribution in [0, 0.1) is 10.8 Å². The molecule has 1 aromatic rings. The van der Waals surface area contributed by atoms with Crippen molar-refractivity contribution in [2.45, 2.75) is 39.9 Å². The number of nitrogens with zero attached hydrogens (tertiary/aromatic N) is 2. The summed E-state index contributed by atoms with van der Waals surface area (Å²) in [6.07, 6.45) is -0.750. The standard InChI is InChI=1S/C21H30N2O5/c1-19(2,3)28-18(26)23-13-21(14-23)12-22(11-20(21,4)15-24)17(25)27-10-16-8-6-5-7-9-16/h5-9,24H,10-15H2,1-4H3/t20-/m1/s1. The number of benzene rings is 1. The summed E-state index contributed by atoms with van der Waals surface area (Å²) in [6.45, 7) is 9.39. The van der Waals surface area contributed by atoms with Crippen LogP contribution in [0.3, 0.4) is 0 Å². The third-order valence-corrected chi connectivity index (χ3v) is 5.76. The maximum absolute atomic E-state index is 12.6. The Balaban J connectivity index is 1.61. The van der Waals surface area contributed by atoms with E-state index in [1.165, 1.54) is 0 Å². The highest BCUT2D eigenvalue weighted by Gasteiger charge is 2.63. The van der Waals surface area contributed by atoms with Crippen LogP contribution in [0.25, 0.3) is 0 Å². The molecule has 2 fully saturated rings. The molecule has 7 nitrogen and oxygen atoms in total. The van der Waals surface area contributed by atoms with Crippen molar-refractivity contribution >= 4 is 12.2 Å². The summed E-state index contributed by atoms with van der Waals surface area (Å²) in [5, 5.41) is 10.0. The molecule has 1 aromatic carbocycles. The van der Waals surface area contributed by atoms with E-state index in [1.54, 1.807) is 9.80 Å². The van der Waals surface area contributed by atoms with Crippen LogP contribution in [0.1, 0.15) is 33.3 Å². The summed E-state index contributed by atoms with van der Waals surface area (Å²) in [5.41, 5.74) is -0.459. The SMILES string of the molecule is CC(C)(C)OC(=O)N1CC2(CN(C(=O)OCc3ccccc3)C[C@]2(C)CO)C1. The molecule has 0 unspecified atom stereocenters. The number of carbonyl (C=O) groups is 2. The minimum absolute atomic E-state index is 0.0579. The van der Waals surface area contributed by atoms with Gasteiger partial charge in [0.2, 0.25) is 0 Å². The summed E-state index contributed by atoms with van der Waals surface area (Å²) in [5.74, 6) is 0. The van der Waals surface area contributed by atoms with Crippen molar-refractivity contribution in [1.29, 1.82) is 0 Å². The molecule has 2 saturated heterocycles. The number of amides is 2. The Bertz CT molecular complexity index is 724. The van der Waals surface area contributed by atoms with E-state index in [-0.39, 0.29) is 24.7 Å². The smallest absolute Gasteiger partial charge is 0.410 e. The van der Waals surface area contributed by atoms with Gasteiger partial charge in [-0.2, -0.15) is 0 Å². The molecular weight excluding hydrogens is 360 g/mol. The van der Waals surface area contributed by atoms with Gasteiger partial charge in [0.15, 0.2) is 0 Å². The van der Waals surface area contributed by atoms with Gasteiger partial charge in [-0.05, 0) is 26.3 Å². The molecule has 0 bridgehead atoms. The highest BCUT2D eigenvalue weighted by Crippen LogP contribution is 2.52. The molecule has 154 valence electrons. The van der Waals surface area contributed by atoms with E-state index >= 15 is 0 Å². The lowest BCUT2D eigenvalue weighted by Crippen LogP contribution is -2.66. The van der Waals surface area contributed by atoms with E-state index in [4.69, 9.17) is 9.47 Å². The molecule has 3 rings (SSSR count). The van der Waals surface area contributed by atoms with E-state index in [0.717, 1.165) is 5.56 Å². The molecule has 0 saturated carbocycles. The number of ether oxygens (including phenoxy) is 2. The van der Waals surface area contributed by atoms with Crippen LogP contribution in [0.5, 0.6) is 0 Å². The van der Waals surface area contributed by atoms with Crippen LogP contribution in [-0.2, 0) is 16.1 Å². The maximum Gasteiger partial charge on any atom is 0.410 e. The third kappa shape index (κ3) is 3.94. The number of hydrogen-bond acceptors (Lipinski definition) is 5. The molecule has 28 heavy (non-hydrogen) atoms. The minimum Gasteiger partial charge on any atom is -0.445 e. The molecule has 2 aliphatic rings. The molecule has 2 aliphatic heterocycles. The predicted octanol–water partition coefficient (Wildman–Crippen LogP) is 2.87. The molecule has 1 N–H and O–H groups in total. The first kappa shape index (κ1) is 20.5. The van der Waals surface area contributed by atoms with Gasteiger partial charge in [-0.3, -0.25) is 0 Å². The molecule has 1 spiro atoms. The first-order valence-electron chi connectivity index (χ1n) is 9.62. The van der Waals surface area contributed by atoms with E-state index in [2.05, 4.69) is 0 Å². The van der Waals surface area contributed by atoms with Crippen molar-refractivity contribution in [2.24, 2.45) is 10.8 Å². The Kier molecular flexibility index (Phi) is 5.32. The molecule has 2 amide bonds. The van der Waals surface area contributed by atoms with Crippen molar-refractivity contribution in [3.63, 3.8) is 0 Å². The topological polar surface area (TPSA) is 79.3 Å². The molecule has 1 atom stereocenters. The fourth-order valence-electron chi connectivity index (χ4n) is 3.98. The van der Waals surface area contributed by atoms with Crippen molar-refractivity contribution < 1.29 is 24.2 Å². The van der Waals surface area contributed by atoms with Crippen LogP contribution in [-0.4, -0.2) is 65.5 Å². The van der Waals surface area contributed by atoms with Crippen molar-refractivity contribution in [3.05, 3.63) is 35.9 Å². The Morgan fingerprint density at radius 1 is 1.04 bits per heavy atom. The van der Waals surface area contributed by atoms with E-state index < -0.39 is 17.1 Å². The monoisotopic (exact) mass is 390 g/mol. The summed E-state index contributed by atoms with van der Waals surface area (Å²) >= 11 is 0. The van der Waals surface area contributed by atoms with Crippen molar-refractivity contribution in [1.82, 2.24) is 9.80 Å². The van der Waals surface area contributed by atoms with E-state index in [1.807, 2.05) is 58.0 Å². The normalized spacial score (nSPS) is 23.5. The van der Waals surface area contributed by atoms with Gasteiger partial charge >= 0.3 is 12.2 Å². The zero-order valence-electron chi connectivity index (χ0n) is 17.1. The van der Waals surface area contributed by atoms with Gasteiger partial charge in [-0.15, -0.1) is 0 Å². The van der Waals surface area contributed by atoms with Crippen molar-refractivity contribution in [3.8, 4) is 0 Å². The molecule has 0 aromatic heterocycles. The van der Waals surface area contributed by atoms with E-state index in [9.17, 15) is 14.7 Å². The van der Waals surface area contributed by atoms with Gasteiger partial charge in [0.05, 0.1) is 6.61 Å². The summed E-state index contributed by atoms with van der Waals surface area (Å²) < 4.78 is 10.9. The summed E-state index contributed by atoms with van der Waals surface area (Å²) in [7, 11) is 0. The molecule has 2 heterocycles. The Hall–Kier alpha value is -2.28. The van der Waals surface area contributed by atoms with Gasteiger partial charge in [-0.1, -0.05) is 37.3 Å². The number of likely N-dealkylation sites (tertiary alicyclic amines) is 2. The number of rotatable bonds is 3. The number of aliphatic hydroxyl groups is 1. The number of aliphatic hydroxyl groups excluding tert-OH is 1. The lowest BCUT2D eigenvalue weighted by atomic mass is 9.62. The maximum atomic E-state index is 12.6. The Labute approximate surface area is 166 Å². The van der Waals surface area contributed by atoms with Crippen LogP contribution in [0.15, 0.2) is 30.3 Å². The van der Waals surface area contributed by atoms with Crippen LogP contribution in [0.4, 0.5) is 9.59 Å². The molecule has 7 heteroatoms. The Morgan fingerprint density at radius 3 is 2.14 bits per heavy atom. The quantitative estimate of drug-likeness (QED) is 0.859. The molecule has 0 aliphatic carbocycles.